The average Bonchev–Trinajstić information content (AvgIpc) is 2.80. The maximum Gasteiger partial charge on any atom is 0.408 e. The van der Waals surface area contributed by atoms with Gasteiger partial charge in [-0.05, 0) is 39.3 Å². The monoisotopic (exact) mass is 321 g/mol. The highest BCUT2D eigenvalue weighted by Crippen LogP contribution is 2.29. The topological polar surface area (TPSA) is 63.6 Å². The number of nitrogens with zero attached hydrogens (tertiary/aromatic N) is 2. The van der Waals surface area contributed by atoms with Gasteiger partial charge in [0.15, 0.2) is 0 Å². The van der Waals surface area contributed by atoms with E-state index in [4.69, 9.17) is 4.74 Å². The molecule has 1 aromatic rings. The number of aliphatic imine (C=N–C) groups is 1. The summed E-state index contributed by atoms with van der Waals surface area (Å²) in [4.78, 5) is 20.8. The molecular formula is C16H23N3O2S. The summed E-state index contributed by atoms with van der Waals surface area (Å²) >= 11 is 1.54. The molecular weight excluding hydrogens is 298 g/mol. The number of thioether (sulfide) groups is 1. The van der Waals surface area contributed by atoms with E-state index in [1.54, 1.807) is 12.4 Å². The van der Waals surface area contributed by atoms with Gasteiger partial charge in [-0.25, -0.2) is 4.79 Å². The third kappa shape index (κ3) is 4.47. The molecule has 1 N–H and O–H groups in total. The zero-order chi connectivity index (χ0) is 16.2. The molecule has 5 nitrogen and oxygen atoms in total. The SMILES string of the molecule is CCCC(C)(C)OC(=O)NC1SC(c2cccnc2)=NC1C. The van der Waals surface area contributed by atoms with Crippen molar-refractivity contribution in [2.45, 2.75) is 57.6 Å². The normalized spacial score (nSPS) is 21.4. The summed E-state index contributed by atoms with van der Waals surface area (Å²) < 4.78 is 5.50. The largest absolute Gasteiger partial charge is 0.444 e. The zero-order valence-corrected chi connectivity index (χ0v) is 14.3. The zero-order valence-electron chi connectivity index (χ0n) is 13.5. The second-order valence-electron chi connectivity index (χ2n) is 6.00. The van der Waals surface area contributed by atoms with Crippen LogP contribution in [0.2, 0.25) is 0 Å². The minimum Gasteiger partial charge on any atom is -0.444 e. The number of amides is 1. The number of nitrogens with one attached hydrogen (secondary N) is 1. The number of hydrogen-bond donors (Lipinski definition) is 1. The summed E-state index contributed by atoms with van der Waals surface area (Å²) in [5.41, 5.74) is 0.529. The van der Waals surface area contributed by atoms with Crippen molar-refractivity contribution in [3.8, 4) is 0 Å². The van der Waals surface area contributed by atoms with Gasteiger partial charge in [0.1, 0.15) is 16.0 Å². The highest BCUT2D eigenvalue weighted by Gasteiger charge is 2.31. The fourth-order valence-corrected chi connectivity index (χ4v) is 3.47. The number of hydrogen-bond acceptors (Lipinski definition) is 5. The Morgan fingerprint density at radius 3 is 2.91 bits per heavy atom. The van der Waals surface area contributed by atoms with Gasteiger partial charge >= 0.3 is 6.09 Å². The van der Waals surface area contributed by atoms with Crippen LogP contribution in [0.3, 0.4) is 0 Å². The van der Waals surface area contributed by atoms with Crippen molar-refractivity contribution in [3.63, 3.8) is 0 Å². The van der Waals surface area contributed by atoms with E-state index >= 15 is 0 Å². The van der Waals surface area contributed by atoms with E-state index in [0.29, 0.717) is 0 Å². The lowest BCUT2D eigenvalue weighted by Crippen LogP contribution is -2.41. The third-order valence-electron chi connectivity index (χ3n) is 3.39. The van der Waals surface area contributed by atoms with Gasteiger partial charge in [-0.15, -0.1) is 0 Å². The van der Waals surface area contributed by atoms with Crippen molar-refractivity contribution in [2.24, 2.45) is 4.99 Å². The van der Waals surface area contributed by atoms with Crippen LogP contribution in [0.4, 0.5) is 4.79 Å². The van der Waals surface area contributed by atoms with Crippen molar-refractivity contribution in [3.05, 3.63) is 30.1 Å². The maximum absolute atomic E-state index is 12.1. The summed E-state index contributed by atoms with van der Waals surface area (Å²) in [5, 5.41) is 3.70. The fourth-order valence-electron chi connectivity index (χ4n) is 2.33. The van der Waals surface area contributed by atoms with Crippen molar-refractivity contribution in [2.75, 3.05) is 0 Å². The smallest absolute Gasteiger partial charge is 0.408 e. The summed E-state index contributed by atoms with van der Waals surface area (Å²) in [6.07, 6.45) is 4.94. The Morgan fingerprint density at radius 1 is 1.50 bits per heavy atom. The summed E-state index contributed by atoms with van der Waals surface area (Å²) in [7, 11) is 0. The van der Waals surface area contributed by atoms with Crippen molar-refractivity contribution in [1.82, 2.24) is 10.3 Å². The molecule has 1 amide bonds. The highest BCUT2D eigenvalue weighted by atomic mass is 32.2. The van der Waals surface area contributed by atoms with Crippen LogP contribution in [-0.4, -0.2) is 33.1 Å². The van der Waals surface area contributed by atoms with E-state index in [-0.39, 0.29) is 17.5 Å². The summed E-state index contributed by atoms with van der Waals surface area (Å²) in [6.45, 7) is 7.92. The first kappa shape index (κ1) is 16.8. The Kier molecular flexibility index (Phi) is 5.45. The van der Waals surface area contributed by atoms with Gasteiger partial charge < -0.3 is 10.1 Å². The van der Waals surface area contributed by atoms with E-state index < -0.39 is 5.60 Å². The molecule has 1 aromatic heterocycles. The highest BCUT2D eigenvalue weighted by molar-refractivity contribution is 8.15. The maximum atomic E-state index is 12.1. The van der Waals surface area contributed by atoms with Crippen LogP contribution in [0.1, 0.15) is 46.1 Å². The molecule has 120 valence electrons. The predicted molar refractivity (Wildman–Crippen MR) is 90.2 cm³/mol. The molecule has 2 atom stereocenters. The van der Waals surface area contributed by atoms with E-state index in [1.807, 2.05) is 32.9 Å². The van der Waals surface area contributed by atoms with Crippen LogP contribution in [0.15, 0.2) is 29.5 Å². The van der Waals surface area contributed by atoms with Crippen LogP contribution < -0.4 is 5.32 Å². The van der Waals surface area contributed by atoms with Gasteiger partial charge in [-0.3, -0.25) is 9.98 Å². The molecule has 0 bridgehead atoms. The van der Waals surface area contributed by atoms with Gasteiger partial charge in [-0.2, -0.15) is 0 Å². The minimum absolute atomic E-state index is 0.00189. The van der Waals surface area contributed by atoms with Crippen LogP contribution in [0.25, 0.3) is 0 Å². The van der Waals surface area contributed by atoms with Gasteiger partial charge in [0, 0.05) is 18.0 Å². The summed E-state index contributed by atoms with van der Waals surface area (Å²) in [6, 6.07) is 3.85. The molecule has 0 saturated carbocycles. The molecule has 2 unspecified atom stereocenters. The minimum atomic E-state index is -0.446. The van der Waals surface area contributed by atoms with E-state index in [2.05, 4.69) is 22.2 Å². The fraction of sp³-hybridized carbons (Fsp3) is 0.562. The van der Waals surface area contributed by atoms with Crippen LogP contribution in [-0.2, 0) is 4.74 Å². The standard InChI is InChI=1S/C16H23N3O2S/c1-5-8-16(3,4)21-15(20)19-13-11(2)18-14(22-13)12-7-6-9-17-10-12/h6-7,9-11,13H,5,8H2,1-4H3,(H,19,20). The molecule has 0 radical (unpaired) electrons. The van der Waals surface area contributed by atoms with Crippen LogP contribution in [0.5, 0.6) is 0 Å². The predicted octanol–water partition coefficient (Wildman–Crippen LogP) is 3.59. The van der Waals surface area contributed by atoms with E-state index in [0.717, 1.165) is 23.4 Å². The second-order valence-corrected chi connectivity index (χ2v) is 7.13. The van der Waals surface area contributed by atoms with E-state index in [9.17, 15) is 4.79 Å². The Labute approximate surface area is 136 Å². The second kappa shape index (κ2) is 7.13. The number of aromatic nitrogens is 1. The molecule has 0 spiro atoms. The Bertz CT molecular complexity index is 546. The van der Waals surface area contributed by atoms with Crippen molar-refractivity contribution in [1.29, 1.82) is 0 Å². The Balaban J connectivity index is 1.92. The van der Waals surface area contributed by atoms with Gasteiger partial charge in [0.05, 0.1) is 6.04 Å². The first-order chi connectivity index (χ1) is 10.4. The lowest BCUT2D eigenvalue weighted by atomic mass is 10.0. The van der Waals surface area contributed by atoms with Gasteiger partial charge in [-0.1, -0.05) is 25.1 Å². The van der Waals surface area contributed by atoms with E-state index in [1.165, 1.54) is 11.8 Å². The molecule has 0 saturated heterocycles. The average molecular weight is 321 g/mol. The number of carbonyl (C=O) groups is 1. The molecule has 22 heavy (non-hydrogen) atoms. The molecule has 1 aliphatic heterocycles. The van der Waals surface area contributed by atoms with Crippen LogP contribution in [0, 0.1) is 0 Å². The lowest BCUT2D eigenvalue weighted by molar-refractivity contribution is 0.0316. The number of rotatable bonds is 5. The molecule has 1 aliphatic rings. The van der Waals surface area contributed by atoms with Crippen molar-refractivity contribution >= 4 is 22.9 Å². The number of ether oxygens (including phenoxy) is 1. The number of carbonyl (C=O) groups excluding carboxylic acids is 1. The Hall–Kier alpha value is -1.56. The molecule has 2 heterocycles. The Morgan fingerprint density at radius 2 is 2.27 bits per heavy atom. The molecule has 0 aromatic carbocycles. The molecule has 0 aliphatic carbocycles. The first-order valence-electron chi connectivity index (χ1n) is 7.55. The molecule has 6 heteroatoms. The van der Waals surface area contributed by atoms with Gasteiger partial charge in [0.25, 0.3) is 0 Å². The molecule has 0 fully saturated rings. The summed E-state index contributed by atoms with van der Waals surface area (Å²) in [5.74, 6) is 0. The number of alkyl carbamates (subject to hydrolysis) is 1. The molecule has 2 rings (SSSR count). The first-order valence-corrected chi connectivity index (χ1v) is 8.43. The lowest BCUT2D eigenvalue weighted by Gasteiger charge is -2.26. The quantitative estimate of drug-likeness (QED) is 0.900. The number of pyridine rings is 1. The van der Waals surface area contributed by atoms with Crippen molar-refractivity contribution < 1.29 is 9.53 Å². The third-order valence-corrected chi connectivity index (χ3v) is 4.72. The van der Waals surface area contributed by atoms with Gasteiger partial charge in [0.2, 0.25) is 0 Å². The van der Waals surface area contributed by atoms with Crippen LogP contribution >= 0.6 is 11.8 Å².